The minimum atomic E-state index is -0.395. The maximum Gasteiger partial charge on any atom is 0.177 e. The Morgan fingerprint density at radius 1 is 0.958 bits per heavy atom. The minimum Gasteiger partial charge on any atom is -0.486 e. The van der Waals surface area contributed by atoms with Crippen LogP contribution in [-0.2, 0) is 6.61 Å². The van der Waals surface area contributed by atoms with E-state index in [1.54, 1.807) is 18.6 Å². The summed E-state index contributed by atoms with van der Waals surface area (Å²) in [6.07, 6.45) is 3.27. The molecule has 2 aromatic heterocycles. The zero-order valence-corrected chi connectivity index (χ0v) is 12.7. The van der Waals surface area contributed by atoms with E-state index < -0.39 is 5.82 Å². The summed E-state index contributed by atoms with van der Waals surface area (Å²) in [6.45, 7) is 0.332. The Hall–Kier alpha value is -3.21. The molecule has 1 N–H and O–H groups in total. The first-order valence-corrected chi connectivity index (χ1v) is 7.55. The highest BCUT2D eigenvalue weighted by Crippen LogP contribution is 2.27. The van der Waals surface area contributed by atoms with Crippen molar-refractivity contribution in [1.29, 1.82) is 0 Å². The van der Waals surface area contributed by atoms with Crippen molar-refractivity contribution in [1.82, 2.24) is 15.0 Å². The van der Waals surface area contributed by atoms with Crippen molar-refractivity contribution in [3.05, 3.63) is 78.5 Å². The molecule has 118 valence electrons. The van der Waals surface area contributed by atoms with Crippen LogP contribution in [0.1, 0.15) is 5.56 Å². The smallest absolute Gasteiger partial charge is 0.177 e. The Morgan fingerprint density at radius 2 is 1.83 bits per heavy atom. The summed E-state index contributed by atoms with van der Waals surface area (Å²) >= 11 is 0. The molecule has 4 aromatic rings. The van der Waals surface area contributed by atoms with Crippen molar-refractivity contribution in [3.63, 3.8) is 0 Å². The number of nitrogens with one attached hydrogen (secondary N) is 1. The Morgan fingerprint density at radius 3 is 2.67 bits per heavy atom. The lowest BCUT2D eigenvalue weighted by Crippen LogP contribution is -1.97. The largest absolute Gasteiger partial charge is 0.486 e. The van der Waals surface area contributed by atoms with Gasteiger partial charge in [0.2, 0.25) is 0 Å². The van der Waals surface area contributed by atoms with E-state index in [9.17, 15) is 4.39 Å². The van der Waals surface area contributed by atoms with E-state index in [1.807, 2.05) is 42.5 Å². The topological polar surface area (TPSA) is 50.8 Å². The first-order valence-electron chi connectivity index (χ1n) is 7.55. The quantitative estimate of drug-likeness (QED) is 0.608. The molecule has 24 heavy (non-hydrogen) atoms. The molecule has 0 bridgehead atoms. The molecule has 4 nitrogen and oxygen atoms in total. The van der Waals surface area contributed by atoms with Gasteiger partial charge in [0.15, 0.2) is 17.2 Å². The van der Waals surface area contributed by atoms with Gasteiger partial charge in [0, 0.05) is 11.8 Å². The standard InChI is InChI=1S/C19H14FN3O/c20-16-8-14(15-9-17-19(21-10-15)23-12-22-17)6-7-18(16)24-11-13-4-2-1-3-5-13/h1-10,12H,11H2,(H,21,22,23). The number of pyridine rings is 1. The monoisotopic (exact) mass is 319 g/mol. The van der Waals surface area contributed by atoms with Gasteiger partial charge >= 0.3 is 0 Å². The number of halogens is 1. The third kappa shape index (κ3) is 2.84. The molecule has 0 amide bonds. The lowest BCUT2D eigenvalue weighted by atomic mass is 10.1. The summed E-state index contributed by atoms with van der Waals surface area (Å²) in [7, 11) is 0. The molecule has 0 fully saturated rings. The number of aromatic nitrogens is 3. The Bertz CT molecular complexity index is 982. The molecule has 0 aliphatic rings. The number of aromatic amines is 1. The SMILES string of the molecule is Fc1cc(-c2cnc3nc[nH]c3c2)ccc1OCc1ccccc1. The Kier molecular flexibility index (Phi) is 3.67. The van der Waals surface area contributed by atoms with E-state index in [1.165, 1.54) is 6.07 Å². The van der Waals surface area contributed by atoms with E-state index in [2.05, 4.69) is 15.0 Å². The number of H-pyrrole nitrogens is 1. The molecule has 0 spiro atoms. The molecule has 4 rings (SSSR count). The van der Waals surface area contributed by atoms with E-state index in [-0.39, 0.29) is 5.75 Å². The van der Waals surface area contributed by atoms with Gasteiger partial charge in [-0.3, -0.25) is 0 Å². The third-order valence-electron chi connectivity index (χ3n) is 3.78. The van der Waals surface area contributed by atoms with Gasteiger partial charge < -0.3 is 9.72 Å². The fourth-order valence-corrected chi connectivity index (χ4v) is 2.52. The number of rotatable bonds is 4. The maximum atomic E-state index is 14.3. The molecular weight excluding hydrogens is 305 g/mol. The normalized spacial score (nSPS) is 10.9. The lowest BCUT2D eigenvalue weighted by Gasteiger charge is -2.09. The number of fused-ring (bicyclic) bond motifs is 1. The molecule has 0 radical (unpaired) electrons. The minimum absolute atomic E-state index is 0.234. The van der Waals surface area contributed by atoms with Crippen LogP contribution in [0.25, 0.3) is 22.3 Å². The highest BCUT2D eigenvalue weighted by atomic mass is 19.1. The maximum absolute atomic E-state index is 14.3. The van der Waals surface area contributed by atoms with E-state index >= 15 is 0 Å². The zero-order chi connectivity index (χ0) is 16.4. The summed E-state index contributed by atoms with van der Waals surface area (Å²) in [5, 5.41) is 0. The van der Waals surface area contributed by atoms with Crippen molar-refractivity contribution in [2.45, 2.75) is 6.61 Å². The first kappa shape index (κ1) is 14.4. The number of hydrogen-bond donors (Lipinski definition) is 1. The van der Waals surface area contributed by atoms with Gasteiger partial charge in [-0.05, 0) is 29.3 Å². The van der Waals surface area contributed by atoms with Crippen LogP contribution < -0.4 is 4.74 Å². The summed E-state index contributed by atoms with van der Waals surface area (Å²) < 4.78 is 19.9. The molecule has 0 unspecified atom stereocenters. The molecule has 0 saturated heterocycles. The number of benzene rings is 2. The van der Waals surface area contributed by atoms with Crippen LogP contribution in [0.15, 0.2) is 67.1 Å². The molecule has 0 aliphatic carbocycles. The predicted molar refractivity (Wildman–Crippen MR) is 90.1 cm³/mol. The predicted octanol–water partition coefficient (Wildman–Crippen LogP) is 4.34. The van der Waals surface area contributed by atoms with E-state index in [4.69, 9.17) is 4.74 Å². The molecule has 5 heteroatoms. The number of ether oxygens (including phenoxy) is 1. The Balaban J connectivity index is 1.57. The molecule has 2 heterocycles. The van der Waals surface area contributed by atoms with Gasteiger partial charge in [-0.15, -0.1) is 0 Å². The van der Waals surface area contributed by atoms with Gasteiger partial charge in [0.1, 0.15) is 6.61 Å². The van der Waals surface area contributed by atoms with Crippen LogP contribution in [0.5, 0.6) is 5.75 Å². The van der Waals surface area contributed by atoms with Crippen molar-refractivity contribution < 1.29 is 9.13 Å². The van der Waals surface area contributed by atoms with Crippen LogP contribution in [0.4, 0.5) is 4.39 Å². The summed E-state index contributed by atoms with van der Waals surface area (Å²) in [5.74, 6) is -0.161. The van der Waals surface area contributed by atoms with Crippen molar-refractivity contribution >= 4 is 11.2 Å². The van der Waals surface area contributed by atoms with Gasteiger partial charge in [0.25, 0.3) is 0 Å². The van der Waals surface area contributed by atoms with Gasteiger partial charge in [-0.2, -0.15) is 0 Å². The second-order valence-electron chi connectivity index (χ2n) is 5.42. The van der Waals surface area contributed by atoms with Gasteiger partial charge in [-0.25, -0.2) is 14.4 Å². The lowest BCUT2D eigenvalue weighted by molar-refractivity contribution is 0.290. The van der Waals surface area contributed by atoms with Crippen LogP contribution in [0.2, 0.25) is 0 Å². The fraction of sp³-hybridized carbons (Fsp3) is 0.0526. The number of nitrogens with zero attached hydrogens (tertiary/aromatic N) is 2. The summed E-state index contributed by atoms with van der Waals surface area (Å²) in [6, 6.07) is 16.5. The molecule has 0 atom stereocenters. The highest BCUT2D eigenvalue weighted by Gasteiger charge is 2.08. The second-order valence-corrected chi connectivity index (χ2v) is 5.42. The molecule has 0 aliphatic heterocycles. The third-order valence-corrected chi connectivity index (χ3v) is 3.78. The van der Waals surface area contributed by atoms with Crippen LogP contribution in [0, 0.1) is 5.82 Å². The zero-order valence-electron chi connectivity index (χ0n) is 12.7. The molecule has 2 aromatic carbocycles. The van der Waals surface area contributed by atoms with Crippen LogP contribution in [0.3, 0.4) is 0 Å². The number of imidazole rings is 1. The van der Waals surface area contributed by atoms with E-state index in [0.717, 1.165) is 22.2 Å². The summed E-state index contributed by atoms with van der Waals surface area (Å²) in [4.78, 5) is 11.3. The highest BCUT2D eigenvalue weighted by molar-refractivity contribution is 5.77. The average molecular weight is 319 g/mol. The van der Waals surface area contributed by atoms with E-state index in [0.29, 0.717) is 12.3 Å². The molecule has 0 saturated carbocycles. The number of hydrogen-bond acceptors (Lipinski definition) is 3. The first-order chi connectivity index (χ1) is 11.8. The summed E-state index contributed by atoms with van der Waals surface area (Å²) in [5.41, 5.74) is 4.01. The fourth-order valence-electron chi connectivity index (χ4n) is 2.52. The van der Waals surface area contributed by atoms with Crippen molar-refractivity contribution in [2.24, 2.45) is 0 Å². The van der Waals surface area contributed by atoms with Gasteiger partial charge in [-0.1, -0.05) is 36.4 Å². The van der Waals surface area contributed by atoms with Crippen molar-refractivity contribution in [2.75, 3.05) is 0 Å². The van der Waals surface area contributed by atoms with Crippen molar-refractivity contribution in [3.8, 4) is 16.9 Å². The Labute approximate surface area is 138 Å². The average Bonchev–Trinajstić information content (AvgIpc) is 3.09. The molecular formula is C19H14FN3O. The van der Waals surface area contributed by atoms with Crippen LogP contribution in [-0.4, -0.2) is 15.0 Å². The van der Waals surface area contributed by atoms with Gasteiger partial charge in [0.05, 0.1) is 11.8 Å². The second kappa shape index (κ2) is 6.12. The van der Waals surface area contributed by atoms with Crippen LogP contribution >= 0.6 is 0 Å².